The third-order valence-electron chi connectivity index (χ3n) is 6.33. The van der Waals surface area contributed by atoms with E-state index >= 15 is 0 Å². The average molecular weight is 843 g/mol. The van der Waals surface area contributed by atoms with Crippen molar-refractivity contribution in [3.63, 3.8) is 0 Å². The van der Waals surface area contributed by atoms with Gasteiger partial charge in [-0.2, -0.15) is 14.8 Å². The molecule has 2 aromatic heterocycles. The maximum atomic E-state index is 12.3. The van der Waals surface area contributed by atoms with Gasteiger partial charge in [-0.05, 0) is 6.07 Å². The molecule has 0 spiro atoms. The van der Waals surface area contributed by atoms with E-state index in [0.29, 0.717) is 0 Å². The summed E-state index contributed by atoms with van der Waals surface area (Å²) in [6.45, 7) is -1.92. The Kier molecular flexibility index (Phi) is 15.2. The number of phosphoric ester groups is 2. The number of fused-ring (bicyclic) bond motifs is 2. The molecule has 2 aromatic rings. The zero-order valence-electron chi connectivity index (χ0n) is 23.4. The van der Waals surface area contributed by atoms with Gasteiger partial charge in [-0.1, -0.05) is 0 Å². The largest absolute Gasteiger partial charge is 0.870 e. The molecular formula is C19H25MoN8O16P2S2-7. The summed E-state index contributed by atoms with van der Waals surface area (Å²) < 4.78 is 49.6. The third-order valence-corrected chi connectivity index (χ3v) is 9.94. The van der Waals surface area contributed by atoms with E-state index < -0.39 is 83.7 Å². The number of aliphatic hydroxyl groups is 2. The normalized spacial score (nSPS) is 28.2. The summed E-state index contributed by atoms with van der Waals surface area (Å²) in [6.07, 6.45) is -7.90. The van der Waals surface area contributed by atoms with Crippen molar-refractivity contribution in [2.75, 3.05) is 29.6 Å². The predicted octanol–water partition coefficient (Wildman–Crippen LogP) is -6.40. The number of anilines is 3. The van der Waals surface area contributed by atoms with Crippen molar-refractivity contribution in [3.8, 4) is 11.9 Å². The zero-order chi connectivity index (χ0) is 32.1. The Labute approximate surface area is 294 Å². The second-order valence-electron chi connectivity index (χ2n) is 9.27. The predicted molar refractivity (Wildman–Crippen MR) is 148 cm³/mol. The molecule has 1 fully saturated rings. The number of aromatic nitrogens is 4. The number of aliphatic hydroxyl groups excluding tert-OH is 2. The molecule has 9 atom stereocenters. The maximum Gasteiger partial charge on any atom is 0.274 e. The van der Waals surface area contributed by atoms with Crippen LogP contribution in [0.4, 0.5) is 17.5 Å². The van der Waals surface area contributed by atoms with E-state index in [1.807, 2.05) is 0 Å². The molecule has 0 aliphatic carbocycles. The van der Waals surface area contributed by atoms with Crippen LogP contribution in [-0.4, -0.2) is 96.1 Å². The SMILES string of the molecule is N=c1ccn([C@@H]2O[C@H](COP(=O)([O-])OP(=O)([O-])OC[C@H]3O[C@H]4Nc5nc(N)nc([O-])c5N[C@H]4C([S-])=C3[S-])[C@@H](O)[C@H]2O)c([O-])n1.O.O.[Mo].[OH-]. The number of nitrogen functional groups attached to an aromatic ring is 1. The Morgan fingerprint density at radius 1 is 1.02 bits per heavy atom. The second-order valence-corrected chi connectivity index (χ2v) is 13.1. The number of phosphoric acid groups is 2. The minimum atomic E-state index is -5.69. The first-order valence-corrected chi connectivity index (χ1v) is 15.8. The van der Waals surface area contributed by atoms with Crippen LogP contribution in [0.1, 0.15) is 6.23 Å². The van der Waals surface area contributed by atoms with Crippen molar-refractivity contribution in [2.45, 2.75) is 42.9 Å². The van der Waals surface area contributed by atoms with Crippen LogP contribution >= 0.6 is 15.6 Å². The van der Waals surface area contributed by atoms with Crippen LogP contribution in [0.5, 0.6) is 11.9 Å². The fraction of sp³-hybridized carbons (Fsp3) is 0.474. The first-order chi connectivity index (χ1) is 20.5. The molecule has 5 heterocycles. The monoisotopic (exact) mass is 845 g/mol. The summed E-state index contributed by atoms with van der Waals surface area (Å²) in [5.74, 6) is -1.05. The van der Waals surface area contributed by atoms with Gasteiger partial charge in [0, 0.05) is 33.1 Å². The molecule has 0 amide bonds. The summed E-state index contributed by atoms with van der Waals surface area (Å²) in [6, 6.07) is -0.748. The molecule has 48 heavy (non-hydrogen) atoms. The van der Waals surface area contributed by atoms with E-state index in [9.17, 15) is 39.3 Å². The van der Waals surface area contributed by atoms with E-state index in [1.165, 1.54) is 0 Å². The number of hydrogen-bond donors (Lipinski definition) is 6. The van der Waals surface area contributed by atoms with Gasteiger partial charge in [0.2, 0.25) is 5.95 Å². The fourth-order valence-corrected chi connectivity index (χ4v) is 6.89. The quantitative estimate of drug-likeness (QED) is 0.0776. The number of nitrogens with two attached hydrogens (primary N) is 1. The molecular weight excluding hydrogens is 818 g/mol. The molecule has 3 aliphatic heterocycles. The Morgan fingerprint density at radius 2 is 1.65 bits per heavy atom. The summed E-state index contributed by atoms with van der Waals surface area (Å²) in [7, 11) is -11.4. The van der Waals surface area contributed by atoms with E-state index in [4.69, 9.17) is 45.9 Å². The molecule has 2 unspecified atom stereocenters. The molecule has 0 saturated carbocycles. The minimum Gasteiger partial charge on any atom is -0.870 e. The van der Waals surface area contributed by atoms with Gasteiger partial charge in [-0.3, -0.25) is 14.5 Å². The van der Waals surface area contributed by atoms with Crippen LogP contribution in [0.2, 0.25) is 0 Å². The Bertz CT molecular complexity index is 1650. The number of nitrogens with zero attached hydrogens (tertiary/aromatic N) is 4. The van der Waals surface area contributed by atoms with Crippen LogP contribution in [0.25, 0.3) is 0 Å². The van der Waals surface area contributed by atoms with Crippen LogP contribution in [0.3, 0.4) is 0 Å². The summed E-state index contributed by atoms with van der Waals surface area (Å²) in [5.41, 5.74) is 5.09. The van der Waals surface area contributed by atoms with Gasteiger partial charge < -0.3 is 111 Å². The standard InChI is InChI=1S/C19H26N8O13P2S2.Mo.3H2O/c20-7-1-2-27(19(31)22-7)17-11(29)10(28)5(39-17)3-36-41(32,33)40-42(34,35)37-4-6-12(43)13(44)8-16(38-6)24-14-9(23-8)15(30)26-18(21)25-14;;;;/h1-2,5-6,8,10-11,16-17,23,28-29,43-44H,3-4H2,(H,32,33)(H,34,35)(H2,20,22,31)(H4,21,24,25,26,30);;3*1H2/p-7/t5-,6-,8+,10-,11-,16-,17-;;;;/m1..../s1. The Balaban J connectivity index is 0.00000288. The number of nitrogens with one attached hydrogen (secondary N) is 3. The third kappa shape index (κ3) is 9.32. The van der Waals surface area contributed by atoms with Crippen LogP contribution < -0.4 is 41.9 Å². The van der Waals surface area contributed by atoms with Crippen LogP contribution in [0.15, 0.2) is 22.1 Å². The smallest absolute Gasteiger partial charge is 0.274 e. The summed E-state index contributed by atoms with van der Waals surface area (Å²) >= 11 is 10.6. The van der Waals surface area contributed by atoms with Gasteiger partial charge in [-0.25, -0.2) is 14.3 Å². The maximum absolute atomic E-state index is 12.3. The van der Waals surface area contributed by atoms with Crippen molar-refractivity contribution in [1.82, 2.24) is 19.5 Å². The molecule has 0 aromatic carbocycles. The van der Waals surface area contributed by atoms with Crippen LogP contribution in [-0.2, 0) is 78.3 Å². The van der Waals surface area contributed by atoms with Gasteiger partial charge in [-0.15, -0.1) is 0 Å². The summed E-state index contributed by atoms with van der Waals surface area (Å²) in [4.78, 5) is 35.3. The van der Waals surface area contributed by atoms with Gasteiger partial charge >= 0.3 is 0 Å². The topological polar surface area (TPSA) is 424 Å². The molecule has 29 heteroatoms. The van der Waals surface area contributed by atoms with E-state index in [1.54, 1.807) is 0 Å². The second kappa shape index (κ2) is 16.7. The molecule has 24 nitrogen and oxygen atoms in total. The molecule has 0 bridgehead atoms. The van der Waals surface area contributed by atoms with E-state index in [2.05, 4.69) is 38.9 Å². The van der Waals surface area contributed by atoms with Crippen LogP contribution in [0, 0.1) is 5.41 Å². The van der Waals surface area contributed by atoms with Crippen molar-refractivity contribution >= 4 is 58.4 Å². The molecule has 1 saturated heterocycles. The molecule has 0 radical (unpaired) electrons. The van der Waals surface area contributed by atoms with E-state index in [0.717, 1.165) is 16.8 Å². The van der Waals surface area contributed by atoms with Gasteiger partial charge in [0.1, 0.15) is 23.8 Å². The minimum absolute atomic E-state index is 0. The van der Waals surface area contributed by atoms with E-state index in [-0.39, 0.29) is 70.2 Å². The zero-order valence-corrected chi connectivity index (χ0v) is 28.9. The number of rotatable bonds is 9. The van der Waals surface area contributed by atoms with Gasteiger partial charge in [0.15, 0.2) is 18.3 Å². The average Bonchev–Trinajstić information content (AvgIpc) is 3.20. The van der Waals surface area contributed by atoms with Crippen molar-refractivity contribution in [1.29, 1.82) is 5.41 Å². The molecule has 272 valence electrons. The van der Waals surface area contributed by atoms with Gasteiger partial charge in [0.05, 0.1) is 37.1 Å². The number of hydrogen-bond acceptors (Lipinski definition) is 23. The first-order valence-electron chi connectivity index (χ1n) is 12.1. The van der Waals surface area contributed by atoms with Crippen molar-refractivity contribution in [3.05, 3.63) is 27.6 Å². The fourth-order valence-electron chi connectivity index (χ4n) is 4.32. The summed E-state index contributed by atoms with van der Waals surface area (Å²) in [5, 5.41) is 57.5. The Hall–Kier alpha value is -2.19. The van der Waals surface area contributed by atoms with Crippen molar-refractivity contribution < 1.29 is 99.7 Å². The van der Waals surface area contributed by atoms with Gasteiger partial charge in [0.25, 0.3) is 15.6 Å². The number of ether oxygens (including phenoxy) is 2. The molecule has 5 rings (SSSR count). The Morgan fingerprint density at radius 3 is 2.27 bits per heavy atom. The molecule has 12 N–H and O–H groups in total. The molecule has 3 aliphatic rings. The van der Waals surface area contributed by atoms with Crippen molar-refractivity contribution in [2.24, 2.45) is 0 Å². The first kappa shape index (κ1) is 43.8.